The van der Waals surface area contributed by atoms with E-state index in [-0.39, 0.29) is 0 Å². The molecule has 0 radical (unpaired) electrons. The SMILES string of the molecule is N/N=C(\NN)c1ccc(-c2nc(N3CCC3)nc3c2CCC3)cc1. The highest BCUT2D eigenvalue weighted by Crippen LogP contribution is 2.32. The summed E-state index contributed by atoms with van der Waals surface area (Å²) in [7, 11) is 0. The summed E-state index contributed by atoms with van der Waals surface area (Å²) in [5, 5.41) is 3.64. The van der Waals surface area contributed by atoms with Crippen molar-refractivity contribution in [2.75, 3.05) is 18.0 Å². The van der Waals surface area contributed by atoms with Crippen LogP contribution in [0.5, 0.6) is 0 Å². The highest BCUT2D eigenvalue weighted by atomic mass is 15.3. The molecule has 1 aliphatic carbocycles. The molecular weight excluding hydrogens is 302 g/mol. The zero-order valence-electron chi connectivity index (χ0n) is 13.5. The Balaban J connectivity index is 1.74. The summed E-state index contributed by atoms with van der Waals surface area (Å²) in [4.78, 5) is 11.9. The average molecular weight is 323 g/mol. The minimum absolute atomic E-state index is 0.454. The number of hydrazine groups is 1. The van der Waals surface area contributed by atoms with Crippen LogP contribution in [0.2, 0.25) is 0 Å². The normalized spacial score (nSPS) is 16.7. The first-order valence-corrected chi connectivity index (χ1v) is 8.30. The first kappa shape index (κ1) is 14.9. The number of nitrogens with zero attached hydrogens (tertiary/aromatic N) is 4. The van der Waals surface area contributed by atoms with Crippen molar-refractivity contribution in [1.82, 2.24) is 15.4 Å². The van der Waals surface area contributed by atoms with Gasteiger partial charge in [0.1, 0.15) is 0 Å². The number of anilines is 1. The van der Waals surface area contributed by atoms with Crippen LogP contribution in [0.25, 0.3) is 11.3 Å². The Morgan fingerprint density at radius 3 is 2.50 bits per heavy atom. The van der Waals surface area contributed by atoms with E-state index in [4.69, 9.17) is 21.7 Å². The van der Waals surface area contributed by atoms with Crippen LogP contribution in [0.1, 0.15) is 29.7 Å². The molecule has 1 aliphatic heterocycles. The molecule has 7 heteroatoms. The summed E-state index contributed by atoms with van der Waals surface area (Å²) < 4.78 is 0. The molecule has 0 bridgehead atoms. The molecule has 24 heavy (non-hydrogen) atoms. The molecule has 1 saturated heterocycles. The number of hydrogen-bond donors (Lipinski definition) is 3. The number of aryl methyl sites for hydroxylation is 1. The fourth-order valence-corrected chi connectivity index (χ4v) is 3.30. The van der Waals surface area contributed by atoms with E-state index in [1.807, 2.05) is 24.3 Å². The number of hydrazone groups is 1. The van der Waals surface area contributed by atoms with Gasteiger partial charge in [0, 0.05) is 35.5 Å². The number of fused-ring (bicyclic) bond motifs is 1. The third kappa shape index (κ3) is 2.46. The van der Waals surface area contributed by atoms with Crippen molar-refractivity contribution in [1.29, 1.82) is 0 Å². The molecule has 2 heterocycles. The summed E-state index contributed by atoms with van der Waals surface area (Å²) in [6, 6.07) is 7.98. The van der Waals surface area contributed by atoms with Gasteiger partial charge in [-0.1, -0.05) is 24.3 Å². The molecule has 0 spiro atoms. The van der Waals surface area contributed by atoms with Crippen LogP contribution in [0, 0.1) is 0 Å². The molecule has 0 unspecified atom stereocenters. The van der Waals surface area contributed by atoms with Gasteiger partial charge in [0.2, 0.25) is 5.95 Å². The number of hydrogen-bond acceptors (Lipinski definition) is 6. The van der Waals surface area contributed by atoms with E-state index < -0.39 is 0 Å². The summed E-state index contributed by atoms with van der Waals surface area (Å²) in [5.41, 5.74) is 7.99. The lowest BCUT2D eigenvalue weighted by Gasteiger charge is -2.31. The summed E-state index contributed by atoms with van der Waals surface area (Å²) in [6.45, 7) is 2.10. The van der Waals surface area contributed by atoms with Gasteiger partial charge in [0.25, 0.3) is 0 Å². The Morgan fingerprint density at radius 2 is 1.88 bits per heavy atom. The van der Waals surface area contributed by atoms with E-state index in [0.717, 1.165) is 55.1 Å². The Hall–Kier alpha value is -2.67. The second-order valence-corrected chi connectivity index (χ2v) is 6.19. The van der Waals surface area contributed by atoms with E-state index >= 15 is 0 Å². The summed E-state index contributed by atoms with van der Waals surface area (Å²) in [5.74, 6) is 12.1. The lowest BCUT2D eigenvalue weighted by molar-refractivity contribution is 0.599. The molecule has 1 aromatic heterocycles. The summed E-state index contributed by atoms with van der Waals surface area (Å²) in [6.07, 6.45) is 4.47. The quantitative estimate of drug-likeness (QED) is 0.336. The molecule has 4 rings (SSSR count). The second kappa shape index (κ2) is 6.09. The molecule has 2 aliphatic rings. The van der Waals surface area contributed by atoms with Gasteiger partial charge in [-0.3, -0.25) is 0 Å². The van der Waals surface area contributed by atoms with Crippen molar-refractivity contribution in [3.05, 3.63) is 41.1 Å². The molecule has 1 aromatic carbocycles. The first-order chi connectivity index (χ1) is 11.8. The highest BCUT2D eigenvalue weighted by Gasteiger charge is 2.24. The van der Waals surface area contributed by atoms with Gasteiger partial charge in [0.15, 0.2) is 5.84 Å². The van der Waals surface area contributed by atoms with E-state index in [0.29, 0.717) is 5.84 Å². The largest absolute Gasteiger partial charge is 0.341 e. The van der Waals surface area contributed by atoms with Gasteiger partial charge in [0.05, 0.1) is 5.69 Å². The van der Waals surface area contributed by atoms with Gasteiger partial charge in [-0.05, 0) is 25.7 Å². The molecule has 0 atom stereocenters. The van der Waals surface area contributed by atoms with Gasteiger partial charge >= 0.3 is 0 Å². The Kier molecular flexibility index (Phi) is 3.78. The van der Waals surface area contributed by atoms with Crippen molar-refractivity contribution in [3.63, 3.8) is 0 Å². The predicted molar refractivity (Wildman–Crippen MR) is 94.4 cm³/mol. The Bertz CT molecular complexity index is 778. The Labute approximate surface area is 140 Å². The van der Waals surface area contributed by atoms with Crippen LogP contribution in [0.15, 0.2) is 29.4 Å². The maximum Gasteiger partial charge on any atom is 0.226 e. The van der Waals surface area contributed by atoms with E-state index in [9.17, 15) is 0 Å². The number of nitrogens with one attached hydrogen (secondary N) is 1. The van der Waals surface area contributed by atoms with Crippen LogP contribution in [-0.4, -0.2) is 28.9 Å². The molecule has 124 valence electrons. The molecule has 5 N–H and O–H groups in total. The zero-order chi connectivity index (χ0) is 16.5. The number of benzene rings is 1. The maximum absolute atomic E-state index is 5.43. The van der Waals surface area contributed by atoms with E-state index in [1.165, 1.54) is 17.7 Å². The molecule has 0 amide bonds. The molecule has 0 saturated carbocycles. The van der Waals surface area contributed by atoms with Crippen molar-refractivity contribution in [2.24, 2.45) is 16.8 Å². The van der Waals surface area contributed by atoms with Crippen LogP contribution < -0.4 is 22.0 Å². The smallest absolute Gasteiger partial charge is 0.226 e. The number of nitrogens with two attached hydrogens (primary N) is 2. The van der Waals surface area contributed by atoms with E-state index in [2.05, 4.69) is 15.4 Å². The predicted octanol–water partition coefficient (Wildman–Crippen LogP) is 0.926. The zero-order valence-corrected chi connectivity index (χ0v) is 13.5. The second-order valence-electron chi connectivity index (χ2n) is 6.19. The van der Waals surface area contributed by atoms with Crippen molar-refractivity contribution in [2.45, 2.75) is 25.7 Å². The summed E-state index contributed by atoms with van der Waals surface area (Å²) >= 11 is 0. The fraction of sp³-hybridized carbons (Fsp3) is 0.353. The van der Waals surface area contributed by atoms with Crippen molar-refractivity contribution < 1.29 is 0 Å². The number of aromatic nitrogens is 2. The van der Waals surface area contributed by atoms with Crippen LogP contribution in [0.4, 0.5) is 5.95 Å². The van der Waals surface area contributed by atoms with Crippen molar-refractivity contribution >= 4 is 11.8 Å². The lowest BCUT2D eigenvalue weighted by Crippen LogP contribution is -2.38. The minimum Gasteiger partial charge on any atom is -0.341 e. The average Bonchev–Trinajstić information content (AvgIpc) is 3.03. The van der Waals surface area contributed by atoms with Crippen LogP contribution >= 0.6 is 0 Å². The van der Waals surface area contributed by atoms with Gasteiger partial charge in [-0.25, -0.2) is 15.8 Å². The van der Waals surface area contributed by atoms with E-state index in [1.54, 1.807) is 0 Å². The maximum atomic E-state index is 5.43. The number of amidine groups is 1. The van der Waals surface area contributed by atoms with Gasteiger partial charge in [-0.2, -0.15) is 5.10 Å². The fourth-order valence-electron chi connectivity index (χ4n) is 3.30. The lowest BCUT2D eigenvalue weighted by atomic mass is 10.0. The molecule has 2 aromatic rings. The third-order valence-electron chi connectivity index (χ3n) is 4.76. The molecule has 7 nitrogen and oxygen atoms in total. The van der Waals surface area contributed by atoms with Crippen molar-refractivity contribution in [3.8, 4) is 11.3 Å². The third-order valence-corrected chi connectivity index (χ3v) is 4.76. The van der Waals surface area contributed by atoms with Crippen LogP contribution in [0.3, 0.4) is 0 Å². The minimum atomic E-state index is 0.454. The molecule has 1 fully saturated rings. The topological polar surface area (TPSA) is 105 Å². The van der Waals surface area contributed by atoms with Gasteiger partial charge in [-0.15, -0.1) is 0 Å². The Morgan fingerprint density at radius 1 is 1.08 bits per heavy atom. The molecular formula is C17H21N7. The monoisotopic (exact) mass is 323 g/mol. The standard InChI is InChI=1S/C17H21N7/c18-22-16(23-19)12-7-5-11(6-8-12)15-13-3-1-4-14(13)20-17(21-15)24-9-2-10-24/h5-8H,1-4,9-10,18-19H2,(H,22,23). The highest BCUT2D eigenvalue weighted by molar-refractivity contribution is 5.98. The van der Waals surface area contributed by atoms with Crippen LogP contribution in [-0.2, 0) is 12.8 Å². The first-order valence-electron chi connectivity index (χ1n) is 8.30. The van der Waals surface area contributed by atoms with Gasteiger partial charge < -0.3 is 16.2 Å². The number of rotatable bonds is 3.